The van der Waals surface area contributed by atoms with E-state index in [1.807, 2.05) is 13.0 Å². The van der Waals surface area contributed by atoms with E-state index >= 15 is 0 Å². The van der Waals surface area contributed by atoms with E-state index in [0.29, 0.717) is 0 Å². The van der Waals surface area contributed by atoms with Crippen LogP contribution in [0.2, 0.25) is 0 Å². The van der Waals surface area contributed by atoms with Crippen molar-refractivity contribution in [3.63, 3.8) is 0 Å². The Morgan fingerprint density at radius 1 is 1.07 bits per heavy atom. The maximum Gasteiger partial charge on any atom is 0.00745 e. The lowest BCUT2D eigenvalue weighted by molar-refractivity contribution is 0.610. The first-order valence-corrected chi connectivity index (χ1v) is 5.60. The fourth-order valence-corrected chi connectivity index (χ4v) is 1.20. The number of hydrogen-bond donors (Lipinski definition) is 2. The molecule has 0 heterocycles. The summed E-state index contributed by atoms with van der Waals surface area (Å²) in [5.74, 6) is 0. The zero-order chi connectivity index (χ0) is 10.5. The predicted octanol–water partition coefficient (Wildman–Crippen LogP) is 2.23. The van der Waals surface area contributed by atoms with Crippen LogP contribution in [0.1, 0.15) is 32.6 Å². The predicted molar refractivity (Wildman–Crippen MR) is 64.3 cm³/mol. The maximum absolute atomic E-state index is 5.36. The molecule has 0 aromatic rings. The van der Waals surface area contributed by atoms with Gasteiger partial charge < -0.3 is 11.1 Å². The highest BCUT2D eigenvalue weighted by molar-refractivity contribution is 5.00. The van der Waals surface area contributed by atoms with Crippen LogP contribution in [0.3, 0.4) is 0 Å². The van der Waals surface area contributed by atoms with E-state index < -0.39 is 0 Å². The summed E-state index contributed by atoms with van der Waals surface area (Å²) in [6, 6.07) is 0. The molecule has 0 unspecified atom stereocenters. The lowest BCUT2D eigenvalue weighted by Crippen LogP contribution is -2.23. The third kappa shape index (κ3) is 11.4. The van der Waals surface area contributed by atoms with Gasteiger partial charge in [-0.05, 0) is 32.7 Å². The van der Waals surface area contributed by atoms with Gasteiger partial charge >= 0.3 is 0 Å². The molecule has 2 nitrogen and oxygen atoms in total. The second-order valence-electron chi connectivity index (χ2n) is 3.34. The Bertz CT molecular complexity index is 150. The molecule has 0 amide bonds. The first kappa shape index (κ1) is 13.4. The van der Waals surface area contributed by atoms with E-state index in [9.17, 15) is 0 Å². The summed E-state index contributed by atoms with van der Waals surface area (Å²) < 4.78 is 0. The van der Waals surface area contributed by atoms with Crippen LogP contribution in [-0.2, 0) is 0 Å². The van der Waals surface area contributed by atoms with E-state index in [4.69, 9.17) is 5.73 Å². The van der Waals surface area contributed by atoms with Crippen molar-refractivity contribution in [2.45, 2.75) is 32.6 Å². The van der Waals surface area contributed by atoms with Gasteiger partial charge in [-0.2, -0.15) is 0 Å². The Kier molecular flexibility index (Phi) is 11.9. The van der Waals surface area contributed by atoms with Crippen molar-refractivity contribution in [2.24, 2.45) is 5.73 Å². The van der Waals surface area contributed by atoms with Gasteiger partial charge in [0.25, 0.3) is 0 Å². The summed E-state index contributed by atoms with van der Waals surface area (Å²) in [6.07, 6.45) is 13.5. The monoisotopic (exact) mass is 196 g/mol. The van der Waals surface area contributed by atoms with Gasteiger partial charge in [-0.25, -0.2) is 0 Å². The smallest absolute Gasteiger partial charge is 0.00745 e. The summed E-state index contributed by atoms with van der Waals surface area (Å²) in [6.45, 7) is 4.83. The highest BCUT2D eigenvalue weighted by Crippen LogP contribution is 1.99. The summed E-state index contributed by atoms with van der Waals surface area (Å²) in [7, 11) is 0. The van der Waals surface area contributed by atoms with Crippen LogP contribution in [0.4, 0.5) is 0 Å². The lowest BCUT2D eigenvalue weighted by atomic mass is 10.2. The fraction of sp³-hybridized carbons (Fsp3) is 0.667. The summed E-state index contributed by atoms with van der Waals surface area (Å²) in [5, 5.41) is 3.29. The molecule has 3 N–H and O–H groups in total. The number of nitrogens with one attached hydrogen (secondary N) is 1. The molecule has 2 heteroatoms. The average Bonchev–Trinajstić information content (AvgIpc) is 2.21. The Morgan fingerprint density at radius 2 is 1.93 bits per heavy atom. The van der Waals surface area contributed by atoms with Crippen LogP contribution in [0.25, 0.3) is 0 Å². The number of hydrogen-bond acceptors (Lipinski definition) is 2. The van der Waals surface area contributed by atoms with Gasteiger partial charge in [0, 0.05) is 13.1 Å². The molecule has 0 aromatic heterocycles. The minimum Gasteiger partial charge on any atom is -0.329 e. The molecule has 0 fully saturated rings. The van der Waals surface area contributed by atoms with Crippen molar-refractivity contribution in [1.82, 2.24) is 5.32 Å². The number of allylic oxidation sites excluding steroid dienone is 4. The maximum atomic E-state index is 5.36. The van der Waals surface area contributed by atoms with Crippen LogP contribution in [0, 0.1) is 0 Å². The van der Waals surface area contributed by atoms with Crippen molar-refractivity contribution < 1.29 is 0 Å². The summed E-state index contributed by atoms with van der Waals surface area (Å²) in [4.78, 5) is 0. The molecular formula is C12H24N2. The Morgan fingerprint density at radius 3 is 2.64 bits per heavy atom. The molecule has 0 aromatic carbocycles. The third-order valence-electron chi connectivity index (χ3n) is 1.99. The zero-order valence-electron chi connectivity index (χ0n) is 9.34. The van der Waals surface area contributed by atoms with E-state index in [0.717, 1.165) is 19.6 Å². The molecule has 0 rings (SSSR count). The van der Waals surface area contributed by atoms with Gasteiger partial charge in [-0.3, -0.25) is 0 Å². The van der Waals surface area contributed by atoms with E-state index in [1.54, 1.807) is 0 Å². The van der Waals surface area contributed by atoms with E-state index in [1.165, 1.54) is 25.7 Å². The number of unbranched alkanes of at least 4 members (excludes halogenated alkanes) is 3. The molecule has 0 saturated carbocycles. The lowest BCUT2D eigenvalue weighted by Gasteiger charge is -2.01. The minimum absolute atomic E-state index is 0.742. The number of rotatable bonds is 9. The quantitative estimate of drug-likeness (QED) is 0.438. The molecule has 14 heavy (non-hydrogen) atoms. The Labute approximate surface area is 88.3 Å². The van der Waals surface area contributed by atoms with Gasteiger partial charge in [0.15, 0.2) is 0 Å². The standard InChI is InChI=1S/C12H24N2/c1-2-3-4-5-6-7-8-9-11-14-12-10-13/h2-5,14H,6-13H2,1H3/b3-2-,5-4-. The molecule has 0 aliphatic heterocycles. The SMILES string of the molecule is C/C=C\C=C/CCCCCNCCN. The molecule has 0 radical (unpaired) electrons. The van der Waals surface area contributed by atoms with Gasteiger partial charge in [0.05, 0.1) is 0 Å². The first-order chi connectivity index (χ1) is 6.91. The highest BCUT2D eigenvalue weighted by Gasteiger charge is 1.87. The molecule has 82 valence electrons. The van der Waals surface area contributed by atoms with E-state index in [2.05, 4.69) is 23.5 Å². The average molecular weight is 196 g/mol. The molecule has 0 aliphatic carbocycles. The molecule has 0 atom stereocenters. The Balaban J connectivity index is 2.98. The molecule has 0 saturated heterocycles. The van der Waals surface area contributed by atoms with Crippen molar-refractivity contribution in [2.75, 3.05) is 19.6 Å². The second kappa shape index (κ2) is 12.4. The largest absolute Gasteiger partial charge is 0.329 e. The van der Waals surface area contributed by atoms with Gasteiger partial charge in [-0.15, -0.1) is 0 Å². The molecule has 0 bridgehead atoms. The normalized spacial score (nSPS) is 11.9. The van der Waals surface area contributed by atoms with Gasteiger partial charge in [0.2, 0.25) is 0 Å². The third-order valence-corrected chi connectivity index (χ3v) is 1.99. The highest BCUT2D eigenvalue weighted by atomic mass is 14.9. The summed E-state index contributed by atoms with van der Waals surface area (Å²) >= 11 is 0. The zero-order valence-corrected chi connectivity index (χ0v) is 9.34. The van der Waals surface area contributed by atoms with Crippen LogP contribution in [-0.4, -0.2) is 19.6 Å². The van der Waals surface area contributed by atoms with Gasteiger partial charge in [0.1, 0.15) is 0 Å². The van der Waals surface area contributed by atoms with Gasteiger partial charge in [-0.1, -0.05) is 30.7 Å². The van der Waals surface area contributed by atoms with E-state index in [-0.39, 0.29) is 0 Å². The van der Waals surface area contributed by atoms with Crippen molar-refractivity contribution in [1.29, 1.82) is 0 Å². The first-order valence-electron chi connectivity index (χ1n) is 5.60. The van der Waals surface area contributed by atoms with Crippen LogP contribution in [0.15, 0.2) is 24.3 Å². The van der Waals surface area contributed by atoms with Crippen LogP contribution < -0.4 is 11.1 Å². The van der Waals surface area contributed by atoms with Crippen molar-refractivity contribution >= 4 is 0 Å². The molecule has 0 spiro atoms. The fourth-order valence-electron chi connectivity index (χ4n) is 1.20. The molecule has 0 aliphatic rings. The van der Waals surface area contributed by atoms with Crippen molar-refractivity contribution in [3.05, 3.63) is 24.3 Å². The minimum atomic E-state index is 0.742. The topological polar surface area (TPSA) is 38.0 Å². The molecular weight excluding hydrogens is 172 g/mol. The van der Waals surface area contributed by atoms with Crippen molar-refractivity contribution in [3.8, 4) is 0 Å². The van der Waals surface area contributed by atoms with Crippen LogP contribution in [0.5, 0.6) is 0 Å². The Hall–Kier alpha value is -0.600. The van der Waals surface area contributed by atoms with Crippen LogP contribution >= 0.6 is 0 Å². The second-order valence-corrected chi connectivity index (χ2v) is 3.34. The number of nitrogens with two attached hydrogens (primary N) is 1. The summed E-state index contributed by atoms with van der Waals surface area (Å²) in [5.41, 5.74) is 5.36.